The van der Waals surface area contributed by atoms with Gasteiger partial charge in [0.25, 0.3) is 0 Å². The van der Waals surface area contributed by atoms with Crippen molar-refractivity contribution in [3.05, 3.63) is 34.2 Å². The summed E-state index contributed by atoms with van der Waals surface area (Å²) in [5.74, 6) is 5.92. The standard InChI is InChI=1S/C11H12BrN5S/c1-6-3-7(2)16-8(4-6)18-11-9(12)10(17-13)14-5-15-11/h3-5H,13H2,1-2H3,(H,14,15,17). The van der Waals surface area contributed by atoms with E-state index >= 15 is 0 Å². The van der Waals surface area contributed by atoms with E-state index in [-0.39, 0.29) is 0 Å². The van der Waals surface area contributed by atoms with Crippen LogP contribution in [0.15, 0.2) is 33.0 Å². The minimum atomic E-state index is 0.553. The van der Waals surface area contributed by atoms with Crippen LogP contribution in [0, 0.1) is 13.8 Å². The molecule has 7 heteroatoms. The van der Waals surface area contributed by atoms with Crippen LogP contribution in [0.5, 0.6) is 0 Å². The Hall–Kier alpha value is -1.18. The highest BCUT2D eigenvalue weighted by Crippen LogP contribution is 2.33. The van der Waals surface area contributed by atoms with Gasteiger partial charge in [0.15, 0.2) is 5.82 Å². The first-order chi connectivity index (χ1) is 8.60. The van der Waals surface area contributed by atoms with E-state index in [1.807, 2.05) is 26.0 Å². The molecule has 0 aliphatic heterocycles. The number of nitrogens with zero attached hydrogens (tertiary/aromatic N) is 3. The number of rotatable bonds is 3. The predicted molar refractivity (Wildman–Crippen MR) is 75.4 cm³/mol. The highest BCUT2D eigenvalue weighted by Gasteiger charge is 2.10. The van der Waals surface area contributed by atoms with Gasteiger partial charge < -0.3 is 5.43 Å². The molecule has 0 atom stereocenters. The average Bonchev–Trinajstić information content (AvgIpc) is 2.30. The quantitative estimate of drug-likeness (QED) is 0.513. The Morgan fingerprint density at radius 1 is 1.28 bits per heavy atom. The zero-order valence-corrected chi connectivity index (χ0v) is 12.3. The Morgan fingerprint density at radius 3 is 2.72 bits per heavy atom. The summed E-state index contributed by atoms with van der Waals surface area (Å²) in [5.41, 5.74) is 4.67. The number of halogens is 1. The predicted octanol–water partition coefficient (Wildman–Crippen LogP) is 2.69. The molecule has 0 amide bonds. The van der Waals surface area contributed by atoms with Crippen LogP contribution < -0.4 is 11.3 Å². The minimum absolute atomic E-state index is 0.553. The lowest BCUT2D eigenvalue weighted by atomic mass is 10.3. The van der Waals surface area contributed by atoms with Crippen molar-refractivity contribution in [1.29, 1.82) is 0 Å². The number of aryl methyl sites for hydroxylation is 2. The number of pyridine rings is 1. The fourth-order valence-electron chi connectivity index (χ4n) is 1.48. The lowest BCUT2D eigenvalue weighted by Crippen LogP contribution is -2.09. The molecule has 2 rings (SSSR count). The van der Waals surface area contributed by atoms with Crippen LogP contribution in [0.2, 0.25) is 0 Å². The molecule has 0 aromatic carbocycles. The molecule has 3 N–H and O–H groups in total. The second kappa shape index (κ2) is 5.64. The van der Waals surface area contributed by atoms with E-state index in [1.165, 1.54) is 23.7 Å². The summed E-state index contributed by atoms with van der Waals surface area (Å²) in [6.07, 6.45) is 1.46. The lowest BCUT2D eigenvalue weighted by Gasteiger charge is -2.07. The third-order valence-electron chi connectivity index (χ3n) is 2.17. The van der Waals surface area contributed by atoms with Crippen molar-refractivity contribution >= 4 is 33.5 Å². The molecule has 2 heterocycles. The molecular weight excluding hydrogens is 314 g/mol. The van der Waals surface area contributed by atoms with E-state index in [0.29, 0.717) is 5.82 Å². The fraction of sp³-hybridized carbons (Fsp3) is 0.182. The molecule has 5 nitrogen and oxygen atoms in total. The molecule has 0 aliphatic rings. The van der Waals surface area contributed by atoms with Crippen molar-refractivity contribution < 1.29 is 0 Å². The maximum Gasteiger partial charge on any atom is 0.158 e. The first-order valence-electron chi connectivity index (χ1n) is 5.20. The molecule has 0 spiro atoms. The molecule has 2 aromatic heterocycles. The minimum Gasteiger partial charge on any atom is -0.307 e. The highest BCUT2D eigenvalue weighted by atomic mass is 79.9. The van der Waals surface area contributed by atoms with Crippen LogP contribution >= 0.6 is 27.7 Å². The Balaban J connectivity index is 2.34. The van der Waals surface area contributed by atoms with E-state index < -0.39 is 0 Å². The Labute approximate surface area is 118 Å². The van der Waals surface area contributed by atoms with Crippen LogP contribution in [0.3, 0.4) is 0 Å². The number of nitrogen functional groups attached to an aromatic ring is 1. The smallest absolute Gasteiger partial charge is 0.158 e. The van der Waals surface area contributed by atoms with E-state index in [2.05, 4.69) is 36.3 Å². The van der Waals surface area contributed by atoms with Crippen LogP contribution in [0.1, 0.15) is 11.3 Å². The van der Waals surface area contributed by atoms with Gasteiger partial charge in [-0.1, -0.05) is 0 Å². The van der Waals surface area contributed by atoms with Crippen LogP contribution in [-0.2, 0) is 0 Å². The average molecular weight is 326 g/mol. The molecule has 0 bridgehead atoms. The zero-order valence-electron chi connectivity index (χ0n) is 9.94. The number of anilines is 1. The molecule has 94 valence electrons. The van der Waals surface area contributed by atoms with E-state index in [0.717, 1.165) is 20.2 Å². The van der Waals surface area contributed by atoms with Crippen molar-refractivity contribution in [3.8, 4) is 0 Å². The van der Waals surface area contributed by atoms with Gasteiger partial charge >= 0.3 is 0 Å². The molecule has 0 saturated heterocycles. The van der Waals surface area contributed by atoms with Crippen molar-refractivity contribution in [2.24, 2.45) is 5.84 Å². The van der Waals surface area contributed by atoms with Crippen LogP contribution in [0.25, 0.3) is 0 Å². The second-order valence-corrected chi connectivity index (χ2v) is 5.51. The van der Waals surface area contributed by atoms with E-state index in [9.17, 15) is 0 Å². The summed E-state index contributed by atoms with van der Waals surface area (Å²) in [7, 11) is 0. The monoisotopic (exact) mass is 325 g/mol. The Bertz CT molecular complexity index is 555. The maximum atomic E-state index is 5.37. The van der Waals surface area contributed by atoms with Gasteiger partial charge in [0.2, 0.25) is 0 Å². The number of hydrogen-bond donors (Lipinski definition) is 2. The van der Waals surface area contributed by atoms with Gasteiger partial charge in [-0.25, -0.2) is 20.8 Å². The highest BCUT2D eigenvalue weighted by molar-refractivity contribution is 9.10. The van der Waals surface area contributed by atoms with E-state index in [1.54, 1.807) is 0 Å². The molecule has 2 aromatic rings. The van der Waals surface area contributed by atoms with Crippen molar-refractivity contribution in [2.45, 2.75) is 23.9 Å². The topological polar surface area (TPSA) is 76.7 Å². The summed E-state index contributed by atoms with van der Waals surface area (Å²) in [4.78, 5) is 12.7. The molecule has 0 aliphatic carbocycles. The normalized spacial score (nSPS) is 10.4. The van der Waals surface area contributed by atoms with E-state index in [4.69, 9.17) is 5.84 Å². The largest absolute Gasteiger partial charge is 0.307 e. The summed E-state index contributed by atoms with van der Waals surface area (Å²) in [6.45, 7) is 4.01. The third-order valence-corrected chi connectivity index (χ3v) is 4.10. The Kier molecular flexibility index (Phi) is 4.15. The van der Waals surface area contributed by atoms with Crippen molar-refractivity contribution in [3.63, 3.8) is 0 Å². The molecule has 0 saturated carbocycles. The SMILES string of the molecule is Cc1cc(C)nc(Sc2ncnc(NN)c2Br)c1. The summed E-state index contributed by atoms with van der Waals surface area (Å²) < 4.78 is 0.735. The van der Waals surface area contributed by atoms with Crippen LogP contribution in [-0.4, -0.2) is 15.0 Å². The van der Waals surface area contributed by atoms with Crippen LogP contribution in [0.4, 0.5) is 5.82 Å². The van der Waals surface area contributed by atoms with Gasteiger partial charge in [-0.2, -0.15) is 0 Å². The molecule has 0 unspecified atom stereocenters. The maximum absolute atomic E-state index is 5.37. The molecule has 18 heavy (non-hydrogen) atoms. The summed E-state index contributed by atoms with van der Waals surface area (Å²) in [5, 5.41) is 1.67. The summed E-state index contributed by atoms with van der Waals surface area (Å²) in [6, 6.07) is 4.05. The zero-order chi connectivity index (χ0) is 13.1. The van der Waals surface area contributed by atoms with Gasteiger partial charge in [0, 0.05) is 5.69 Å². The summed E-state index contributed by atoms with van der Waals surface area (Å²) >= 11 is 4.89. The lowest BCUT2D eigenvalue weighted by molar-refractivity contribution is 0.999. The Morgan fingerprint density at radius 2 is 2.06 bits per heavy atom. The van der Waals surface area contributed by atoms with Gasteiger partial charge in [0.1, 0.15) is 16.4 Å². The molecular formula is C11H12BrN5S. The second-order valence-electron chi connectivity index (χ2n) is 3.71. The first-order valence-corrected chi connectivity index (χ1v) is 6.81. The molecule has 0 fully saturated rings. The number of nitrogens with one attached hydrogen (secondary N) is 1. The number of nitrogens with two attached hydrogens (primary N) is 1. The van der Waals surface area contributed by atoms with Gasteiger partial charge in [-0.15, -0.1) is 0 Å². The molecule has 0 radical (unpaired) electrons. The number of hydrazine groups is 1. The third kappa shape index (κ3) is 2.98. The van der Waals surface area contributed by atoms with Crippen molar-refractivity contribution in [2.75, 3.05) is 5.43 Å². The fourth-order valence-corrected chi connectivity index (χ4v) is 2.96. The van der Waals surface area contributed by atoms with Gasteiger partial charge in [-0.05, 0) is 59.2 Å². The van der Waals surface area contributed by atoms with Gasteiger partial charge in [-0.3, -0.25) is 0 Å². The van der Waals surface area contributed by atoms with Gasteiger partial charge in [0.05, 0.1) is 4.47 Å². The number of aromatic nitrogens is 3. The van der Waals surface area contributed by atoms with Crippen molar-refractivity contribution in [1.82, 2.24) is 15.0 Å². The number of hydrogen-bond acceptors (Lipinski definition) is 6. The first kappa shape index (κ1) is 13.3.